The van der Waals surface area contributed by atoms with Crippen LogP contribution in [0.15, 0.2) is 10.7 Å². The van der Waals surface area contributed by atoms with Gasteiger partial charge in [-0.2, -0.15) is 15.4 Å². The van der Waals surface area contributed by atoms with Crippen LogP contribution in [0.5, 0.6) is 0 Å². The highest BCUT2D eigenvalue weighted by atomic mass is 79.9. The molecule has 84 valence electrons. The molecule has 2 heterocycles. The van der Waals surface area contributed by atoms with E-state index in [4.69, 9.17) is 0 Å². The first-order valence-corrected chi connectivity index (χ1v) is 5.65. The minimum absolute atomic E-state index is 0.561. The molecular formula is C9H11BrN6. The van der Waals surface area contributed by atoms with Crippen LogP contribution < -0.4 is 5.32 Å². The summed E-state index contributed by atoms with van der Waals surface area (Å²) in [7, 11) is 0. The molecule has 7 heteroatoms. The molecule has 0 saturated heterocycles. The van der Waals surface area contributed by atoms with Crippen molar-refractivity contribution in [1.29, 1.82) is 0 Å². The number of H-pyrrole nitrogens is 1. The number of nitrogens with one attached hydrogen (secondary N) is 2. The lowest BCUT2D eigenvalue weighted by Crippen LogP contribution is -2.04. The second-order valence-corrected chi connectivity index (χ2v) is 3.97. The van der Waals surface area contributed by atoms with Gasteiger partial charge in [-0.05, 0) is 29.8 Å². The van der Waals surface area contributed by atoms with Crippen LogP contribution in [0, 0.1) is 6.92 Å². The Morgan fingerprint density at radius 2 is 2.25 bits per heavy atom. The summed E-state index contributed by atoms with van der Waals surface area (Å²) in [6, 6.07) is 0. The van der Waals surface area contributed by atoms with E-state index < -0.39 is 0 Å². The first-order valence-electron chi connectivity index (χ1n) is 4.86. The molecule has 6 nitrogen and oxygen atoms in total. The lowest BCUT2D eigenvalue weighted by atomic mass is 10.3. The SMILES string of the molecule is CCNc1nc(-c2cn[nH]n2)nc(C)c1Br. The minimum atomic E-state index is 0.561. The van der Waals surface area contributed by atoms with Crippen molar-refractivity contribution in [2.45, 2.75) is 13.8 Å². The Morgan fingerprint density at radius 3 is 2.88 bits per heavy atom. The monoisotopic (exact) mass is 282 g/mol. The number of halogens is 1. The van der Waals surface area contributed by atoms with Gasteiger partial charge in [0.25, 0.3) is 0 Å². The average Bonchev–Trinajstić information content (AvgIpc) is 2.78. The number of aryl methyl sites for hydroxylation is 1. The first kappa shape index (κ1) is 11.0. The standard InChI is InChI=1S/C9H11BrN6/c1-3-11-9-7(10)5(2)13-8(14-9)6-4-12-16-15-6/h4H,3H2,1-2H3,(H,11,13,14)(H,12,15,16). The van der Waals surface area contributed by atoms with Crippen molar-refractivity contribution in [3.63, 3.8) is 0 Å². The molecule has 2 aromatic heterocycles. The lowest BCUT2D eigenvalue weighted by Gasteiger charge is -2.08. The van der Waals surface area contributed by atoms with Crippen LogP contribution in [-0.4, -0.2) is 31.9 Å². The molecule has 0 radical (unpaired) electrons. The molecule has 2 rings (SSSR count). The Labute approximate surface area is 101 Å². The van der Waals surface area contributed by atoms with Crippen molar-refractivity contribution in [2.24, 2.45) is 0 Å². The molecule has 0 bridgehead atoms. The molecule has 0 aliphatic carbocycles. The van der Waals surface area contributed by atoms with Crippen molar-refractivity contribution in [3.05, 3.63) is 16.4 Å². The number of aromatic nitrogens is 5. The third kappa shape index (κ3) is 2.04. The van der Waals surface area contributed by atoms with Crippen LogP contribution in [0.3, 0.4) is 0 Å². The summed E-state index contributed by atoms with van der Waals surface area (Å²) in [6.07, 6.45) is 1.60. The Balaban J connectivity index is 2.48. The third-order valence-electron chi connectivity index (χ3n) is 2.01. The molecule has 2 N–H and O–H groups in total. The molecule has 0 unspecified atom stereocenters. The number of hydrogen-bond acceptors (Lipinski definition) is 5. The van der Waals surface area contributed by atoms with Gasteiger partial charge in [0.1, 0.15) is 11.5 Å². The zero-order chi connectivity index (χ0) is 11.5. The van der Waals surface area contributed by atoms with E-state index in [-0.39, 0.29) is 0 Å². The largest absolute Gasteiger partial charge is 0.369 e. The molecule has 0 fully saturated rings. The normalized spacial score (nSPS) is 10.4. The second-order valence-electron chi connectivity index (χ2n) is 3.18. The van der Waals surface area contributed by atoms with E-state index in [1.807, 2.05) is 13.8 Å². The summed E-state index contributed by atoms with van der Waals surface area (Å²) < 4.78 is 0.876. The Kier molecular flexibility index (Phi) is 3.14. The van der Waals surface area contributed by atoms with Gasteiger partial charge < -0.3 is 5.32 Å². The lowest BCUT2D eigenvalue weighted by molar-refractivity contribution is 0.936. The van der Waals surface area contributed by atoms with E-state index in [2.05, 4.69) is 46.6 Å². The maximum atomic E-state index is 4.37. The summed E-state index contributed by atoms with van der Waals surface area (Å²) in [5.74, 6) is 1.33. The highest BCUT2D eigenvalue weighted by Gasteiger charge is 2.11. The van der Waals surface area contributed by atoms with E-state index in [9.17, 15) is 0 Å². The third-order valence-corrected chi connectivity index (χ3v) is 2.95. The van der Waals surface area contributed by atoms with Gasteiger partial charge in [0.15, 0.2) is 5.82 Å². The second kappa shape index (κ2) is 4.56. The highest BCUT2D eigenvalue weighted by Crippen LogP contribution is 2.25. The van der Waals surface area contributed by atoms with Crippen molar-refractivity contribution in [1.82, 2.24) is 25.4 Å². The zero-order valence-electron chi connectivity index (χ0n) is 8.95. The predicted molar refractivity (Wildman–Crippen MR) is 64.0 cm³/mol. The van der Waals surface area contributed by atoms with Gasteiger partial charge in [0, 0.05) is 6.54 Å². The van der Waals surface area contributed by atoms with Gasteiger partial charge in [0.2, 0.25) is 0 Å². The zero-order valence-corrected chi connectivity index (χ0v) is 10.5. The van der Waals surface area contributed by atoms with Crippen molar-refractivity contribution < 1.29 is 0 Å². The fraction of sp³-hybridized carbons (Fsp3) is 0.333. The molecule has 0 aromatic carbocycles. The number of nitrogens with zero attached hydrogens (tertiary/aromatic N) is 4. The number of anilines is 1. The molecule has 0 atom stereocenters. The van der Waals surface area contributed by atoms with Crippen LogP contribution >= 0.6 is 15.9 Å². The van der Waals surface area contributed by atoms with E-state index >= 15 is 0 Å². The van der Waals surface area contributed by atoms with Crippen LogP contribution in [0.2, 0.25) is 0 Å². The molecular weight excluding hydrogens is 272 g/mol. The average molecular weight is 283 g/mol. The van der Waals surface area contributed by atoms with Gasteiger partial charge in [0.05, 0.1) is 16.4 Å². The van der Waals surface area contributed by atoms with Gasteiger partial charge in [-0.1, -0.05) is 0 Å². The molecule has 0 amide bonds. The topological polar surface area (TPSA) is 79.4 Å². The summed E-state index contributed by atoms with van der Waals surface area (Å²) in [4.78, 5) is 8.71. The van der Waals surface area contributed by atoms with Gasteiger partial charge in [-0.15, -0.1) is 0 Å². The van der Waals surface area contributed by atoms with E-state index in [1.165, 1.54) is 0 Å². The van der Waals surface area contributed by atoms with Crippen LogP contribution in [-0.2, 0) is 0 Å². The number of hydrogen-bond donors (Lipinski definition) is 2. The maximum absolute atomic E-state index is 4.37. The Morgan fingerprint density at radius 1 is 1.44 bits per heavy atom. The summed E-state index contributed by atoms with van der Waals surface area (Å²) in [5, 5.41) is 13.4. The van der Waals surface area contributed by atoms with E-state index in [0.29, 0.717) is 11.5 Å². The molecule has 0 spiro atoms. The van der Waals surface area contributed by atoms with Crippen molar-refractivity contribution in [3.8, 4) is 11.5 Å². The van der Waals surface area contributed by atoms with E-state index in [1.54, 1.807) is 6.20 Å². The fourth-order valence-corrected chi connectivity index (χ4v) is 1.59. The highest BCUT2D eigenvalue weighted by molar-refractivity contribution is 9.10. The van der Waals surface area contributed by atoms with Gasteiger partial charge >= 0.3 is 0 Å². The number of rotatable bonds is 3. The minimum Gasteiger partial charge on any atom is -0.369 e. The molecule has 0 saturated carbocycles. The quantitative estimate of drug-likeness (QED) is 0.897. The fourth-order valence-electron chi connectivity index (χ4n) is 1.27. The van der Waals surface area contributed by atoms with Gasteiger partial charge in [-0.3, -0.25) is 0 Å². The maximum Gasteiger partial charge on any atom is 0.184 e. The van der Waals surface area contributed by atoms with Crippen LogP contribution in [0.4, 0.5) is 5.82 Å². The van der Waals surface area contributed by atoms with E-state index in [0.717, 1.165) is 22.5 Å². The predicted octanol–water partition coefficient (Wildman–Crippen LogP) is 1.76. The van der Waals surface area contributed by atoms with Gasteiger partial charge in [-0.25, -0.2) is 9.97 Å². The van der Waals surface area contributed by atoms with Crippen molar-refractivity contribution in [2.75, 3.05) is 11.9 Å². The van der Waals surface area contributed by atoms with Crippen molar-refractivity contribution >= 4 is 21.7 Å². The molecule has 16 heavy (non-hydrogen) atoms. The Bertz CT molecular complexity index is 481. The molecule has 2 aromatic rings. The summed E-state index contributed by atoms with van der Waals surface area (Å²) >= 11 is 3.45. The smallest absolute Gasteiger partial charge is 0.184 e. The Hall–Kier alpha value is -1.50. The number of aromatic amines is 1. The summed E-state index contributed by atoms with van der Waals surface area (Å²) in [5.41, 5.74) is 1.50. The summed E-state index contributed by atoms with van der Waals surface area (Å²) in [6.45, 7) is 4.73. The molecule has 0 aliphatic rings. The molecule has 0 aliphatic heterocycles. The van der Waals surface area contributed by atoms with Crippen LogP contribution in [0.1, 0.15) is 12.6 Å². The van der Waals surface area contributed by atoms with Crippen LogP contribution in [0.25, 0.3) is 11.5 Å². The first-order chi connectivity index (χ1) is 7.72.